The minimum absolute atomic E-state index is 0.0751. The van der Waals surface area contributed by atoms with Crippen molar-refractivity contribution in [3.63, 3.8) is 0 Å². The molecule has 1 fully saturated rings. The Kier molecular flexibility index (Phi) is 6.90. The molecule has 2 N–H and O–H groups in total. The number of guanidine groups is 1. The van der Waals surface area contributed by atoms with E-state index in [1.165, 1.54) is 37.9 Å². The van der Waals surface area contributed by atoms with Crippen molar-refractivity contribution in [1.82, 2.24) is 15.5 Å². The zero-order chi connectivity index (χ0) is 16.5. The van der Waals surface area contributed by atoms with E-state index in [4.69, 9.17) is 0 Å². The molecule has 1 saturated heterocycles. The summed E-state index contributed by atoms with van der Waals surface area (Å²) in [5.74, 6) is 0.894. The Hall–Kier alpha value is -1.55. The number of nitrogens with zero attached hydrogens (tertiary/aromatic N) is 2. The summed E-state index contributed by atoms with van der Waals surface area (Å²) in [6, 6.07) is 10.6. The minimum Gasteiger partial charge on any atom is -0.356 e. The first-order valence-electron chi connectivity index (χ1n) is 8.84. The summed E-state index contributed by atoms with van der Waals surface area (Å²) >= 11 is 0. The average molecular weight is 316 g/mol. The SMILES string of the molecule is CN=C(NCCN1CCCCC1)NCC(C)(C)c1ccccc1. The van der Waals surface area contributed by atoms with Gasteiger partial charge < -0.3 is 15.5 Å². The third-order valence-corrected chi connectivity index (χ3v) is 4.65. The van der Waals surface area contributed by atoms with Crippen molar-refractivity contribution in [3.05, 3.63) is 35.9 Å². The Morgan fingerprint density at radius 1 is 1.09 bits per heavy atom. The van der Waals surface area contributed by atoms with Gasteiger partial charge in [-0.05, 0) is 31.5 Å². The van der Waals surface area contributed by atoms with Crippen LogP contribution in [-0.2, 0) is 5.41 Å². The maximum absolute atomic E-state index is 4.34. The molecule has 0 amide bonds. The van der Waals surface area contributed by atoms with Crippen LogP contribution in [0.2, 0.25) is 0 Å². The van der Waals surface area contributed by atoms with E-state index in [-0.39, 0.29) is 5.41 Å². The summed E-state index contributed by atoms with van der Waals surface area (Å²) < 4.78 is 0. The Bertz CT molecular complexity index is 475. The summed E-state index contributed by atoms with van der Waals surface area (Å²) in [7, 11) is 1.84. The van der Waals surface area contributed by atoms with Gasteiger partial charge in [0.15, 0.2) is 5.96 Å². The molecule has 4 nitrogen and oxygen atoms in total. The molecule has 1 aromatic carbocycles. The maximum atomic E-state index is 4.34. The van der Waals surface area contributed by atoms with Crippen molar-refractivity contribution in [2.75, 3.05) is 39.8 Å². The summed E-state index contributed by atoms with van der Waals surface area (Å²) in [6.07, 6.45) is 4.08. The average Bonchev–Trinajstić information content (AvgIpc) is 2.59. The molecule has 1 aliphatic rings. The zero-order valence-corrected chi connectivity index (χ0v) is 14.9. The summed E-state index contributed by atoms with van der Waals surface area (Å²) in [4.78, 5) is 6.88. The van der Waals surface area contributed by atoms with Crippen molar-refractivity contribution in [1.29, 1.82) is 0 Å². The smallest absolute Gasteiger partial charge is 0.191 e. The fourth-order valence-electron chi connectivity index (χ4n) is 3.03. The highest BCUT2D eigenvalue weighted by molar-refractivity contribution is 5.79. The lowest BCUT2D eigenvalue weighted by Crippen LogP contribution is -2.46. The van der Waals surface area contributed by atoms with Crippen molar-refractivity contribution >= 4 is 5.96 Å². The van der Waals surface area contributed by atoms with Gasteiger partial charge in [0.25, 0.3) is 0 Å². The molecule has 4 heteroatoms. The van der Waals surface area contributed by atoms with Gasteiger partial charge in [-0.1, -0.05) is 50.6 Å². The molecule has 2 rings (SSSR count). The molecular formula is C19H32N4. The molecule has 0 unspecified atom stereocenters. The van der Waals surface area contributed by atoms with E-state index in [1.54, 1.807) is 0 Å². The van der Waals surface area contributed by atoms with Gasteiger partial charge >= 0.3 is 0 Å². The minimum atomic E-state index is 0.0751. The summed E-state index contributed by atoms with van der Waals surface area (Å²) in [5.41, 5.74) is 1.42. The molecule has 0 spiro atoms. The Balaban J connectivity index is 1.74. The van der Waals surface area contributed by atoms with Crippen molar-refractivity contribution < 1.29 is 0 Å². The van der Waals surface area contributed by atoms with E-state index in [0.29, 0.717) is 0 Å². The lowest BCUT2D eigenvalue weighted by molar-refractivity contribution is 0.232. The van der Waals surface area contributed by atoms with E-state index in [0.717, 1.165) is 25.6 Å². The third kappa shape index (κ3) is 5.87. The highest BCUT2D eigenvalue weighted by Gasteiger charge is 2.20. The Morgan fingerprint density at radius 2 is 1.78 bits per heavy atom. The monoisotopic (exact) mass is 316 g/mol. The van der Waals surface area contributed by atoms with Gasteiger partial charge in [-0.3, -0.25) is 4.99 Å². The van der Waals surface area contributed by atoms with Crippen LogP contribution in [0.15, 0.2) is 35.3 Å². The molecule has 1 aliphatic heterocycles. The standard InChI is InChI=1S/C19H32N4/c1-19(2,17-10-6-4-7-11-17)16-22-18(20-3)21-12-15-23-13-8-5-9-14-23/h4,6-7,10-11H,5,8-9,12-16H2,1-3H3,(H2,20,21,22). The van der Waals surface area contributed by atoms with Gasteiger partial charge in [0.2, 0.25) is 0 Å². The predicted molar refractivity (Wildman–Crippen MR) is 99.1 cm³/mol. The van der Waals surface area contributed by atoms with Crippen molar-refractivity contribution in [2.24, 2.45) is 4.99 Å². The molecule has 0 aliphatic carbocycles. The molecule has 128 valence electrons. The van der Waals surface area contributed by atoms with E-state index in [1.807, 2.05) is 7.05 Å². The number of benzene rings is 1. The highest BCUT2D eigenvalue weighted by atomic mass is 15.2. The van der Waals surface area contributed by atoms with Crippen LogP contribution in [0.3, 0.4) is 0 Å². The van der Waals surface area contributed by atoms with Gasteiger partial charge in [0.05, 0.1) is 0 Å². The van der Waals surface area contributed by atoms with Crippen LogP contribution in [0.5, 0.6) is 0 Å². The molecule has 1 heterocycles. The van der Waals surface area contributed by atoms with E-state index in [2.05, 4.69) is 64.7 Å². The molecular weight excluding hydrogens is 284 g/mol. The van der Waals surface area contributed by atoms with E-state index < -0.39 is 0 Å². The van der Waals surface area contributed by atoms with Gasteiger partial charge in [-0.2, -0.15) is 0 Å². The largest absolute Gasteiger partial charge is 0.356 e. The second kappa shape index (κ2) is 8.92. The van der Waals surface area contributed by atoms with Gasteiger partial charge in [-0.25, -0.2) is 0 Å². The van der Waals surface area contributed by atoms with Gasteiger partial charge in [-0.15, -0.1) is 0 Å². The molecule has 0 radical (unpaired) electrons. The number of hydrogen-bond donors (Lipinski definition) is 2. The third-order valence-electron chi connectivity index (χ3n) is 4.65. The second-order valence-electron chi connectivity index (χ2n) is 7.00. The van der Waals surface area contributed by atoms with Crippen LogP contribution < -0.4 is 10.6 Å². The van der Waals surface area contributed by atoms with Crippen LogP contribution in [0.4, 0.5) is 0 Å². The van der Waals surface area contributed by atoms with Crippen LogP contribution in [0, 0.1) is 0 Å². The number of rotatable bonds is 6. The van der Waals surface area contributed by atoms with Crippen molar-refractivity contribution in [3.8, 4) is 0 Å². The first-order valence-corrected chi connectivity index (χ1v) is 8.84. The molecule has 1 aromatic rings. The highest BCUT2D eigenvalue weighted by Crippen LogP contribution is 2.21. The Labute approximate surface area is 141 Å². The topological polar surface area (TPSA) is 39.7 Å². The number of piperidine rings is 1. The first kappa shape index (κ1) is 17.8. The van der Waals surface area contributed by atoms with Crippen LogP contribution in [0.25, 0.3) is 0 Å². The van der Waals surface area contributed by atoms with Crippen LogP contribution in [0.1, 0.15) is 38.7 Å². The lowest BCUT2D eigenvalue weighted by Gasteiger charge is -2.28. The van der Waals surface area contributed by atoms with Gasteiger partial charge in [0, 0.05) is 32.1 Å². The summed E-state index contributed by atoms with van der Waals surface area (Å²) in [5, 5.41) is 6.90. The maximum Gasteiger partial charge on any atom is 0.191 e. The zero-order valence-electron chi connectivity index (χ0n) is 14.9. The van der Waals surface area contributed by atoms with Crippen LogP contribution in [-0.4, -0.2) is 50.6 Å². The number of nitrogens with one attached hydrogen (secondary N) is 2. The summed E-state index contributed by atoms with van der Waals surface area (Å²) in [6.45, 7) is 9.92. The Morgan fingerprint density at radius 3 is 2.43 bits per heavy atom. The van der Waals surface area contributed by atoms with Gasteiger partial charge in [0.1, 0.15) is 0 Å². The number of hydrogen-bond acceptors (Lipinski definition) is 2. The molecule has 0 bridgehead atoms. The molecule has 0 atom stereocenters. The van der Waals surface area contributed by atoms with E-state index >= 15 is 0 Å². The normalized spacial score (nSPS) is 17.1. The number of likely N-dealkylation sites (tertiary alicyclic amines) is 1. The molecule has 0 saturated carbocycles. The van der Waals surface area contributed by atoms with Crippen LogP contribution >= 0.6 is 0 Å². The second-order valence-corrected chi connectivity index (χ2v) is 7.00. The predicted octanol–water partition coefficient (Wildman–Crippen LogP) is 2.62. The fourth-order valence-corrected chi connectivity index (χ4v) is 3.03. The fraction of sp³-hybridized carbons (Fsp3) is 0.632. The lowest BCUT2D eigenvalue weighted by atomic mass is 9.85. The van der Waals surface area contributed by atoms with E-state index in [9.17, 15) is 0 Å². The van der Waals surface area contributed by atoms with Crippen molar-refractivity contribution in [2.45, 2.75) is 38.5 Å². The quantitative estimate of drug-likeness (QED) is 0.626. The molecule has 23 heavy (non-hydrogen) atoms. The first-order chi connectivity index (χ1) is 11.1. The molecule has 0 aromatic heterocycles. The number of aliphatic imine (C=N–C) groups is 1.